The molecule has 4 rings (SSSR count). The van der Waals surface area contributed by atoms with Crippen molar-refractivity contribution >= 4 is 17.8 Å². The second-order valence-electron chi connectivity index (χ2n) is 5.78. The maximum absolute atomic E-state index is 12.2. The molecule has 2 amide bonds. The summed E-state index contributed by atoms with van der Waals surface area (Å²) in [7, 11) is 0. The van der Waals surface area contributed by atoms with E-state index >= 15 is 0 Å². The lowest BCUT2D eigenvalue weighted by molar-refractivity contribution is -0.168. The fourth-order valence-electron chi connectivity index (χ4n) is 2.66. The molecule has 0 fully saturated rings. The number of nitrogens with zero attached hydrogens (tertiary/aromatic N) is 3. The molecule has 1 aliphatic rings. The SMILES string of the molecule is O=C(CCc1nnc(-c2ccccc2)o1)ON1C(=O)c2ccccc2C1=O. The van der Waals surface area contributed by atoms with Crippen LogP contribution in [0.2, 0.25) is 0 Å². The van der Waals surface area contributed by atoms with Crippen molar-refractivity contribution in [3.05, 3.63) is 71.6 Å². The zero-order valence-corrected chi connectivity index (χ0v) is 14.0. The normalized spacial score (nSPS) is 13.0. The molecule has 0 radical (unpaired) electrons. The zero-order chi connectivity index (χ0) is 18.8. The van der Waals surface area contributed by atoms with E-state index in [-0.39, 0.29) is 29.9 Å². The molecule has 0 aliphatic carbocycles. The monoisotopic (exact) mass is 363 g/mol. The Kier molecular flexibility index (Phi) is 4.21. The number of carbonyl (C=O) groups is 3. The molecule has 2 heterocycles. The summed E-state index contributed by atoms with van der Waals surface area (Å²) in [4.78, 5) is 41.3. The van der Waals surface area contributed by atoms with Gasteiger partial charge in [-0.05, 0) is 24.3 Å². The molecule has 1 aromatic heterocycles. The molecule has 27 heavy (non-hydrogen) atoms. The molecule has 134 valence electrons. The first-order chi connectivity index (χ1) is 13.1. The van der Waals surface area contributed by atoms with Crippen LogP contribution in [-0.4, -0.2) is 33.0 Å². The number of rotatable bonds is 5. The highest BCUT2D eigenvalue weighted by molar-refractivity contribution is 6.20. The molecular weight excluding hydrogens is 350 g/mol. The highest BCUT2D eigenvalue weighted by atomic mass is 16.7. The van der Waals surface area contributed by atoms with Gasteiger partial charge in [0.1, 0.15) is 0 Å². The second kappa shape index (κ2) is 6.83. The molecule has 8 heteroatoms. The minimum Gasteiger partial charge on any atom is -0.421 e. The van der Waals surface area contributed by atoms with E-state index in [9.17, 15) is 14.4 Å². The third-order valence-corrected chi connectivity index (χ3v) is 3.98. The molecule has 0 saturated heterocycles. The van der Waals surface area contributed by atoms with Gasteiger partial charge in [0.15, 0.2) is 0 Å². The highest BCUT2D eigenvalue weighted by Gasteiger charge is 2.38. The lowest BCUT2D eigenvalue weighted by Crippen LogP contribution is -2.32. The summed E-state index contributed by atoms with van der Waals surface area (Å²) in [5, 5.41) is 8.30. The van der Waals surface area contributed by atoms with Crippen LogP contribution in [0.1, 0.15) is 33.0 Å². The van der Waals surface area contributed by atoms with Gasteiger partial charge in [0.2, 0.25) is 11.8 Å². The average molecular weight is 363 g/mol. The van der Waals surface area contributed by atoms with E-state index < -0.39 is 17.8 Å². The molecule has 0 bridgehead atoms. The Morgan fingerprint density at radius 2 is 1.56 bits per heavy atom. The topological polar surface area (TPSA) is 103 Å². The Hall–Kier alpha value is -3.81. The van der Waals surface area contributed by atoms with Crippen LogP contribution in [0.15, 0.2) is 59.0 Å². The van der Waals surface area contributed by atoms with Gasteiger partial charge in [0, 0.05) is 12.0 Å². The number of imide groups is 1. The third-order valence-electron chi connectivity index (χ3n) is 3.98. The van der Waals surface area contributed by atoms with Crippen molar-refractivity contribution in [3.63, 3.8) is 0 Å². The van der Waals surface area contributed by atoms with Gasteiger partial charge in [0.25, 0.3) is 11.8 Å². The van der Waals surface area contributed by atoms with Crippen LogP contribution in [-0.2, 0) is 16.1 Å². The predicted molar refractivity (Wildman–Crippen MR) is 91.1 cm³/mol. The van der Waals surface area contributed by atoms with Gasteiger partial charge < -0.3 is 9.25 Å². The quantitative estimate of drug-likeness (QED) is 0.641. The van der Waals surface area contributed by atoms with Gasteiger partial charge in [0.05, 0.1) is 17.5 Å². The van der Waals surface area contributed by atoms with Gasteiger partial charge in [-0.1, -0.05) is 35.4 Å². The number of fused-ring (bicyclic) bond motifs is 1. The van der Waals surface area contributed by atoms with E-state index in [1.165, 1.54) is 12.1 Å². The van der Waals surface area contributed by atoms with E-state index in [2.05, 4.69) is 10.2 Å². The Labute approximate surface area is 153 Å². The maximum atomic E-state index is 12.2. The smallest absolute Gasteiger partial charge is 0.333 e. The molecule has 0 atom stereocenters. The minimum absolute atomic E-state index is 0.121. The molecule has 0 saturated carbocycles. The lowest BCUT2D eigenvalue weighted by atomic mass is 10.1. The number of aryl methyl sites for hydroxylation is 1. The van der Waals surface area contributed by atoms with E-state index in [1.807, 2.05) is 30.3 Å². The molecule has 8 nitrogen and oxygen atoms in total. The van der Waals surface area contributed by atoms with Gasteiger partial charge in [-0.2, -0.15) is 0 Å². The van der Waals surface area contributed by atoms with Crippen LogP contribution in [0.4, 0.5) is 0 Å². The van der Waals surface area contributed by atoms with Crippen molar-refractivity contribution in [2.75, 3.05) is 0 Å². The predicted octanol–water partition coefficient (Wildman–Crippen LogP) is 2.42. The molecular formula is C19H13N3O5. The van der Waals surface area contributed by atoms with Gasteiger partial charge in [-0.15, -0.1) is 10.2 Å². The van der Waals surface area contributed by atoms with Crippen LogP contribution in [0.25, 0.3) is 11.5 Å². The first kappa shape index (κ1) is 16.6. The summed E-state index contributed by atoms with van der Waals surface area (Å²) in [6, 6.07) is 15.5. The number of aromatic nitrogens is 2. The van der Waals surface area contributed by atoms with Crippen LogP contribution in [0.3, 0.4) is 0 Å². The zero-order valence-electron chi connectivity index (χ0n) is 14.0. The maximum Gasteiger partial charge on any atom is 0.333 e. The largest absolute Gasteiger partial charge is 0.421 e. The minimum atomic E-state index is -0.746. The molecule has 1 aliphatic heterocycles. The molecule has 0 unspecified atom stereocenters. The van der Waals surface area contributed by atoms with Gasteiger partial charge in [-0.3, -0.25) is 9.59 Å². The summed E-state index contributed by atoms with van der Waals surface area (Å²) in [6.07, 6.45) is 0.00562. The van der Waals surface area contributed by atoms with Crippen molar-refractivity contribution in [1.29, 1.82) is 0 Å². The summed E-state index contributed by atoms with van der Waals surface area (Å²) < 4.78 is 5.51. The molecule has 0 spiro atoms. The van der Waals surface area contributed by atoms with Crippen LogP contribution in [0.5, 0.6) is 0 Å². The Balaban J connectivity index is 1.37. The van der Waals surface area contributed by atoms with E-state index in [0.717, 1.165) is 5.56 Å². The summed E-state index contributed by atoms with van der Waals surface area (Å²) >= 11 is 0. The van der Waals surface area contributed by atoms with Crippen molar-refractivity contribution in [2.45, 2.75) is 12.8 Å². The first-order valence-corrected chi connectivity index (χ1v) is 8.20. The van der Waals surface area contributed by atoms with Crippen molar-refractivity contribution in [3.8, 4) is 11.5 Å². The number of benzene rings is 2. The van der Waals surface area contributed by atoms with Crippen LogP contribution >= 0.6 is 0 Å². The van der Waals surface area contributed by atoms with Crippen LogP contribution in [0, 0.1) is 0 Å². The Morgan fingerprint density at radius 1 is 0.926 bits per heavy atom. The fraction of sp³-hybridized carbons (Fsp3) is 0.105. The standard InChI is InChI=1S/C19H13N3O5/c23-16(27-22-18(24)13-8-4-5-9-14(13)19(22)25)11-10-15-20-21-17(26-15)12-6-2-1-3-7-12/h1-9H,10-11H2. The summed E-state index contributed by atoms with van der Waals surface area (Å²) in [6.45, 7) is 0. The molecule has 0 N–H and O–H groups in total. The van der Waals surface area contributed by atoms with E-state index in [1.54, 1.807) is 12.1 Å². The Morgan fingerprint density at radius 3 is 2.22 bits per heavy atom. The van der Waals surface area contributed by atoms with E-state index in [4.69, 9.17) is 9.25 Å². The summed E-state index contributed by atoms with van der Waals surface area (Å²) in [5.41, 5.74) is 1.18. The average Bonchev–Trinajstić information content (AvgIpc) is 3.27. The Bertz CT molecular complexity index is 994. The molecule has 2 aromatic carbocycles. The number of hydrogen-bond acceptors (Lipinski definition) is 7. The summed E-state index contributed by atoms with van der Waals surface area (Å²) in [5.74, 6) is -1.46. The van der Waals surface area contributed by atoms with Crippen molar-refractivity contribution in [2.24, 2.45) is 0 Å². The number of hydrogen-bond donors (Lipinski definition) is 0. The lowest BCUT2D eigenvalue weighted by Gasteiger charge is -2.12. The van der Waals surface area contributed by atoms with Crippen molar-refractivity contribution in [1.82, 2.24) is 15.3 Å². The first-order valence-electron chi connectivity index (χ1n) is 8.20. The van der Waals surface area contributed by atoms with E-state index in [0.29, 0.717) is 11.0 Å². The number of carbonyl (C=O) groups excluding carboxylic acids is 3. The van der Waals surface area contributed by atoms with Gasteiger partial charge in [-0.25, -0.2) is 4.79 Å². The number of hydroxylamine groups is 2. The third kappa shape index (κ3) is 3.20. The fourth-order valence-corrected chi connectivity index (χ4v) is 2.66. The van der Waals surface area contributed by atoms with Crippen LogP contribution < -0.4 is 0 Å². The number of amides is 2. The second-order valence-corrected chi connectivity index (χ2v) is 5.78. The molecule has 3 aromatic rings. The highest BCUT2D eigenvalue weighted by Crippen LogP contribution is 2.23. The van der Waals surface area contributed by atoms with Crippen molar-refractivity contribution < 1.29 is 23.6 Å². The van der Waals surface area contributed by atoms with Gasteiger partial charge >= 0.3 is 5.97 Å².